The molecule has 2 aromatic heterocycles. The lowest BCUT2D eigenvalue weighted by molar-refractivity contribution is 0.607. The highest BCUT2D eigenvalue weighted by molar-refractivity contribution is 7.22. The second-order valence-electron chi connectivity index (χ2n) is 5.66. The Kier molecular flexibility index (Phi) is 4.34. The molecule has 22 heavy (non-hydrogen) atoms. The number of benzene rings is 1. The van der Waals surface area contributed by atoms with Gasteiger partial charge < -0.3 is 5.32 Å². The van der Waals surface area contributed by atoms with Crippen LogP contribution in [0.1, 0.15) is 20.3 Å². The van der Waals surface area contributed by atoms with Gasteiger partial charge in [-0.05, 0) is 36.1 Å². The fourth-order valence-corrected chi connectivity index (χ4v) is 3.30. The van der Waals surface area contributed by atoms with Crippen molar-refractivity contribution < 1.29 is 4.39 Å². The quantitative estimate of drug-likeness (QED) is 0.723. The van der Waals surface area contributed by atoms with Gasteiger partial charge in [0, 0.05) is 11.4 Å². The predicted octanol–water partition coefficient (Wildman–Crippen LogP) is 4.96. The van der Waals surface area contributed by atoms with Crippen molar-refractivity contribution in [2.45, 2.75) is 20.3 Å². The van der Waals surface area contributed by atoms with Crippen LogP contribution in [0.15, 0.2) is 36.7 Å². The molecule has 0 radical (unpaired) electrons. The molecular formula is C17H18FN3S. The Morgan fingerprint density at radius 2 is 1.95 bits per heavy atom. The highest BCUT2D eigenvalue weighted by atomic mass is 32.1. The van der Waals surface area contributed by atoms with Gasteiger partial charge in [0.1, 0.15) is 18.0 Å². The third-order valence-electron chi connectivity index (χ3n) is 3.45. The van der Waals surface area contributed by atoms with E-state index in [2.05, 4.69) is 29.1 Å². The molecule has 2 heterocycles. The average Bonchev–Trinajstić information content (AvgIpc) is 2.92. The minimum Gasteiger partial charge on any atom is -0.369 e. The van der Waals surface area contributed by atoms with Gasteiger partial charge in [0.25, 0.3) is 0 Å². The van der Waals surface area contributed by atoms with E-state index in [9.17, 15) is 4.39 Å². The van der Waals surface area contributed by atoms with Crippen molar-refractivity contribution in [3.05, 3.63) is 42.5 Å². The van der Waals surface area contributed by atoms with Gasteiger partial charge in [0.05, 0.1) is 10.2 Å². The van der Waals surface area contributed by atoms with E-state index in [4.69, 9.17) is 0 Å². The third-order valence-corrected chi connectivity index (χ3v) is 4.63. The predicted molar refractivity (Wildman–Crippen MR) is 90.8 cm³/mol. The van der Waals surface area contributed by atoms with Gasteiger partial charge in [-0.1, -0.05) is 26.0 Å². The fourth-order valence-electron chi connectivity index (χ4n) is 2.22. The van der Waals surface area contributed by atoms with Crippen LogP contribution in [0.2, 0.25) is 0 Å². The molecule has 0 saturated heterocycles. The lowest BCUT2D eigenvalue weighted by atomic mass is 10.1. The maximum atomic E-state index is 13.0. The van der Waals surface area contributed by atoms with Gasteiger partial charge in [-0.15, -0.1) is 11.3 Å². The number of thiophene rings is 1. The smallest absolute Gasteiger partial charge is 0.147 e. The molecule has 0 spiro atoms. The van der Waals surface area contributed by atoms with E-state index in [1.54, 1.807) is 29.8 Å². The number of rotatable bonds is 5. The summed E-state index contributed by atoms with van der Waals surface area (Å²) in [7, 11) is 0. The number of nitrogens with one attached hydrogen (secondary N) is 1. The lowest BCUT2D eigenvalue weighted by Gasteiger charge is -2.07. The Morgan fingerprint density at radius 1 is 1.18 bits per heavy atom. The molecule has 0 atom stereocenters. The van der Waals surface area contributed by atoms with Crippen molar-refractivity contribution in [2.24, 2.45) is 5.92 Å². The first kappa shape index (κ1) is 14.9. The number of anilines is 1. The summed E-state index contributed by atoms with van der Waals surface area (Å²) in [4.78, 5) is 9.76. The van der Waals surface area contributed by atoms with Gasteiger partial charge >= 0.3 is 0 Å². The van der Waals surface area contributed by atoms with E-state index in [0.717, 1.165) is 39.4 Å². The molecule has 0 aliphatic carbocycles. The van der Waals surface area contributed by atoms with Gasteiger partial charge in [0.15, 0.2) is 0 Å². The molecule has 0 bridgehead atoms. The summed E-state index contributed by atoms with van der Waals surface area (Å²) in [5, 5.41) is 3.39. The van der Waals surface area contributed by atoms with E-state index in [-0.39, 0.29) is 5.82 Å². The molecule has 3 aromatic rings. The highest BCUT2D eigenvalue weighted by Crippen LogP contribution is 2.35. The second-order valence-corrected chi connectivity index (χ2v) is 6.72. The number of aromatic nitrogens is 2. The number of nitrogens with zero attached hydrogens (tertiary/aromatic N) is 2. The summed E-state index contributed by atoms with van der Waals surface area (Å²) < 4.78 is 14.1. The molecule has 5 heteroatoms. The molecule has 0 fully saturated rings. The van der Waals surface area contributed by atoms with Crippen LogP contribution < -0.4 is 5.32 Å². The maximum absolute atomic E-state index is 13.0. The summed E-state index contributed by atoms with van der Waals surface area (Å²) in [6.45, 7) is 5.30. The van der Waals surface area contributed by atoms with Crippen molar-refractivity contribution in [3.63, 3.8) is 0 Å². The van der Waals surface area contributed by atoms with Crippen LogP contribution in [0, 0.1) is 11.7 Å². The topological polar surface area (TPSA) is 37.8 Å². The fraction of sp³-hybridized carbons (Fsp3) is 0.294. The molecule has 1 N–H and O–H groups in total. The van der Waals surface area contributed by atoms with Gasteiger partial charge in [-0.25, -0.2) is 14.4 Å². The Balaban J connectivity index is 1.90. The summed E-state index contributed by atoms with van der Waals surface area (Å²) in [6.07, 6.45) is 2.68. The van der Waals surface area contributed by atoms with Crippen molar-refractivity contribution in [1.29, 1.82) is 0 Å². The first-order chi connectivity index (χ1) is 10.6. The monoisotopic (exact) mass is 315 g/mol. The standard InChI is InChI=1S/C17H18FN3S/c1-11(2)7-8-19-17-16-14(20-10-21-17)9-15(22-16)12-3-5-13(18)6-4-12/h3-6,9-11H,7-8H2,1-2H3,(H,19,20,21). The SMILES string of the molecule is CC(C)CCNc1ncnc2cc(-c3ccc(F)cc3)sc12. The molecule has 0 unspecified atom stereocenters. The molecule has 0 amide bonds. The largest absolute Gasteiger partial charge is 0.369 e. The van der Waals surface area contributed by atoms with Crippen LogP contribution in [-0.4, -0.2) is 16.5 Å². The summed E-state index contributed by atoms with van der Waals surface area (Å²) in [6, 6.07) is 8.57. The van der Waals surface area contributed by atoms with E-state index in [0.29, 0.717) is 5.92 Å². The molecule has 0 aliphatic heterocycles. The van der Waals surface area contributed by atoms with Crippen LogP contribution in [0.3, 0.4) is 0 Å². The highest BCUT2D eigenvalue weighted by Gasteiger charge is 2.10. The zero-order valence-corrected chi connectivity index (χ0v) is 13.5. The number of halogens is 1. The van der Waals surface area contributed by atoms with E-state index >= 15 is 0 Å². The summed E-state index contributed by atoms with van der Waals surface area (Å²) >= 11 is 1.63. The Labute approximate surface area is 133 Å². The first-order valence-corrected chi connectivity index (χ1v) is 8.19. The minimum absolute atomic E-state index is 0.222. The first-order valence-electron chi connectivity index (χ1n) is 7.38. The molecule has 0 aliphatic rings. The van der Waals surface area contributed by atoms with Crippen LogP contribution in [-0.2, 0) is 0 Å². The number of hydrogen-bond donors (Lipinski definition) is 1. The van der Waals surface area contributed by atoms with Crippen LogP contribution in [0.5, 0.6) is 0 Å². The molecule has 114 valence electrons. The van der Waals surface area contributed by atoms with Crippen molar-refractivity contribution >= 4 is 27.4 Å². The van der Waals surface area contributed by atoms with Gasteiger partial charge in [-0.2, -0.15) is 0 Å². The van der Waals surface area contributed by atoms with Crippen molar-refractivity contribution in [3.8, 4) is 10.4 Å². The molecule has 3 rings (SSSR count). The van der Waals surface area contributed by atoms with Crippen LogP contribution in [0.25, 0.3) is 20.7 Å². The zero-order valence-electron chi connectivity index (χ0n) is 12.6. The molecule has 0 saturated carbocycles. The second kappa shape index (κ2) is 6.40. The molecule has 1 aromatic carbocycles. The molecular weight excluding hydrogens is 297 g/mol. The van der Waals surface area contributed by atoms with E-state index < -0.39 is 0 Å². The van der Waals surface area contributed by atoms with Crippen molar-refractivity contribution in [1.82, 2.24) is 9.97 Å². The normalized spacial score (nSPS) is 11.3. The Hall–Kier alpha value is -2.01. The lowest BCUT2D eigenvalue weighted by Crippen LogP contribution is -2.06. The number of hydrogen-bond acceptors (Lipinski definition) is 4. The number of fused-ring (bicyclic) bond motifs is 1. The summed E-state index contributed by atoms with van der Waals surface area (Å²) in [5.41, 5.74) is 1.92. The zero-order chi connectivity index (χ0) is 15.5. The van der Waals surface area contributed by atoms with E-state index in [1.165, 1.54) is 12.1 Å². The molecule has 3 nitrogen and oxygen atoms in total. The Morgan fingerprint density at radius 3 is 2.68 bits per heavy atom. The van der Waals surface area contributed by atoms with Crippen LogP contribution in [0.4, 0.5) is 10.2 Å². The third kappa shape index (κ3) is 3.25. The van der Waals surface area contributed by atoms with Gasteiger partial charge in [-0.3, -0.25) is 0 Å². The average molecular weight is 315 g/mol. The maximum Gasteiger partial charge on any atom is 0.147 e. The summed E-state index contributed by atoms with van der Waals surface area (Å²) in [5.74, 6) is 1.31. The minimum atomic E-state index is -0.222. The van der Waals surface area contributed by atoms with E-state index in [1.807, 2.05) is 6.07 Å². The Bertz CT molecular complexity index is 765. The van der Waals surface area contributed by atoms with Gasteiger partial charge in [0.2, 0.25) is 0 Å². The van der Waals surface area contributed by atoms with Crippen molar-refractivity contribution in [2.75, 3.05) is 11.9 Å². The van der Waals surface area contributed by atoms with Crippen LogP contribution >= 0.6 is 11.3 Å².